The lowest BCUT2D eigenvalue weighted by Crippen LogP contribution is -2.37. The first-order valence-electron chi connectivity index (χ1n) is 6.57. The summed E-state index contributed by atoms with van der Waals surface area (Å²) in [6, 6.07) is 0. The van der Waals surface area contributed by atoms with Gasteiger partial charge in [-0.25, -0.2) is 0 Å². The lowest BCUT2D eigenvalue weighted by molar-refractivity contribution is 0.265. The Hall–Kier alpha value is 0.270. The van der Waals surface area contributed by atoms with Crippen LogP contribution in [0.4, 0.5) is 0 Å². The van der Waals surface area contributed by atoms with Gasteiger partial charge in [0, 0.05) is 24.1 Å². The van der Waals surface area contributed by atoms with E-state index in [1.54, 1.807) is 0 Å². The van der Waals surface area contributed by atoms with Crippen molar-refractivity contribution in [3.63, 3.8) is 0 Å². The van der Waals surface area contributed by atoms with Crippen molar-refractivity contribution in [1.29, 1.82) is 0 Å². The fourth-order valence-electron chi connectivity index (χ4n) is 2.13. The molecule has 0 bridgehead atoms. The van der Waals surface area contributed by atoms with Crippen LogP contribution in [0.1, 0.15) is 40.0 Å². The van der Waals surface area contributed by atoms with Gasteiger partial charge in [-0.1, -0.05) is 27.2 Å². The van der Waals surface area contributed by atoms with Gasteiger partial charge in [0.15, 0.2) is 0 Å². The summed E-state index contributed by atoms with van der Waals surface area (Å²) >= 11 is 2.11. The average molecular weight is 244 g/mol. The van der Waals surface area contributed by atoms with Crippen LogP contribution in [0.25, 0.3) is 0 Å². The zero-order valence-corrected chi connectivity index (χ0v) is 12.0. The molecule has 1 unspecified atom stereocenters. The first kappa shape index (κ1) is 14.3. The van der Waals surface area contributed by atoms with Gasteiger partial charge in [-0.2, -0.15) is 11.8 Å². The Balaban J connectivity index is 2.06. The van der Waals surface area contributed by atoms with Gasteiger partial charge in [-0.05, 0) is 31.3 Å². The molecule has 0 saturated carbocycles. The molecule has 3 heteroatoms. The summed E-state index contributed by atoms with van der Waals surface area (Å²) in [6.45, 7) is 11.5. The molecule has 2 N–H and O–H groups in total. The van der Waals surface area contributed by atoms with Gasteiger partial charge >= 0.3 is 0 Å². The maximum Gasteiger partial charge on any atom is 0.0147 e. The summed E-state index contributed by atoms with van der Waals surface area (Å²) in [6.07, 6.45) is 3.92. The molecule has 0 radical (unpaired) electrons. The number of unbranched alkanes of at least 4 members (excludes halogenated alkanes) is 1. The van der Waals surface area contributed by atoms with E-state index in [0.29, 0.717) is 5.41 Å². The number of rotatable bonds is 6. The molecular formula is C13H28N2S. The highest BCUT2D eigenvalue weighted by atomic mass is 32.2. The van der Waals surface area contributed by atoms with E-state index >= 15 is 0 Å². The van der Waals surface area contributed by atoms with Crippen molar-refractivity contribution in [2.75, 3.05) is 31.9 Å². The Morgan fingerprint density at radius 1 is 1.38 bits per heavy atom. The van der Waals surface area contributed by atoms with Crippen LogP contribution in [-0.2, 0) is 0 Å². The van der Waals surface area contributed by atoms with Gasteiger partial charge in [0.1, 0.15) is 0 Å². The van der Waals surface area contributed by atoms with E-state index in [-0.39, 0.29) is 0 Å². The fraction of sp³-hybridized carbons (Fsp3) is 1.00. The molecule has 1 rings (SSSR count). The Bertz CT molecular complexity index is 194. The Morgan fingerprint density at radius 3 is 2.75 bits per heavy atom. The van der Waals surface area contributed by atoms with E-state index in [2.05, 4.69) is 37.4 Å². The van der Waals surface area contributed by atoms with E-state index in [1.807, 2.05) is 0 Å². The smallest absolute Gasteiger partial charge is 0.0147 e. The first-order chi connectivity index (χ1) is 7.53. The molecule has 96 valence electrons. The SMILES string of the molecule is CC1CN(CCCCC(C)(C)CN)CCS1. The number of nitrogens with zero attached hydrogens (tertiary/aromatic N) is 1. The third-order valence-corrected chi connectivity index (χ3v) is 4.59. The topological polar surface area (TPSA) is 29.3 Å². The summed E-state index contributed by atoms with van der Waals surface area (Å²) in [7, 11) is 0. The third-order valence-electron chi connectivity index (χ3n) is 3.46. The van der Waals surface area contributed by atoms with Crippen LogP contribution in [0.2, 0.25) is 0 Å². The van der Waals surface area contributed by atoms with Crippen LogP contribution >= 0.6 is 11.8 Å². The van der Waals surface area contributed by atoms with Crippen LogP contribution in [0.5, 0.6) is 0 Å². The second-order valence-corrected chi connectivity index (χ2v) is 7.35. The Labute approximate surface area is 105 Å². The number of hydrogen-bond donors (Lipinski definition) is 1. The maximum absolute atomic E-state index is 5.74. The average Bonchev–Trinajstić information content (AvgIpc) is 2.25. The van der Waals surface area contributed by atoms with E-state index in [4.69, 9.17) is 5.73 Å². The summed E-state index contributed by atoms with van der Waals surface area (Å²) in [5, 5.41) is 0.828. The number of nitrogens with two attached hydrogens (primary N) is 1. The normalized spacial score (nSPS) is 23.6. The zero-order chi connectivity index (χ0) is 12.0. The maximum atomic E-state index is 5.74. The Kier molecular flexibility index (Phi) is 6.16. The van der Waals surface area contributed by atoms with E-state index in [0.717, 1.165) is 11.8 Å². The molecule has 0 aromatic rings. The minimum Gasteiger partial charge on any atom is -0.330 e. The molecule has 1 heterocycles. The van der Waals surface area contributed by atoms with E-state index in [9.17, 15) is 0 Å². The molecule has 1 atom stereocenters. The second-order valence-electron chi connectivity index (χ2n) is 5.81. The van der Waals surface area contributed by atoms with Crippen LogP contribution < -0.4 is 5.73 Å². The van der Waals surface area contributed by atoms with Crippen molar-refractivity contribution in [3.05, 3.63) is 0 Å². The quantitative estimate of drug-likeness (QED) is 0.728. The molecule has 1 aliphatic rings. The molecule has 0 aromatic heterocycles. The second kappa shape index (κ2) is 6.87. The van der Waals surface area contributed by atoms with Crippen LogP contribution in [0, 0.1) is 5.41 Å². The number of thioether (sulfide) groups is 1. The van der Waals surface area contributed by atoms with Gasteiger partial charge < -0.3 is 10.6 Å². The molecule has 16 heavy (non-hydrogen) atoms. The van der Waals surface area contributed by atoms with Gasteiger partial charge in [0.25, 0.3) is 0 Å². The van der Waals surface area contributed by atoms with Crippen LogP contribution in [0.15, 0.2) is 0 Å². The standard InChI is InChI=1S/C13H28N2S/c1-12-10-15(8-9-16-12)7-5-4-6-13(2,3)11-14/h12H,4-11,14H2,1-3H3. The molecule has 0 aromatic carbocycles. The lowest BCUT2D eigenvalue weighted by atomic mass is 9.87. The predicted molar refractivity (Wildman–Crippen MR) is 75.0 cm³/mol. The molecule has 2 nitrogen and oxygen atoms in total. The van der Waals surface area contributed by atoms with Crippen molar-refractivity contribution in [2.24, 2.45) is 11.1 Å². The minimum absolute atomic E-state index is 0.338. The fourth-order valence-corrected chi connectivity index (χ4v) is 3.22. The lowest BCUT2D eigenvalue weighted by Gasteiger charge is -2.30. The van der Waals surface area contributed by atoms with Crippen molar-refractivity contribution in [2.45, 2.75) is 45.3 Å². The van der Waals surface area contributed by atoms with Crippen molar-refractivity contribution >= 4 is 11.8 Å². The summed E-state index contributed by atoms with van der Waals surface area (Å²) in [4.78, 5) is 2.62. The third kappa shape index (κ3) is 5.55. The molecule has 0 amide bonds. The summed E-state index contributed by atoms with van der Waals surface area (Å²) in [5.74, 6) is 1.31. The number of hydrogen-bond acceptors (Lipinski definition) is 3. The summed E-state index contributed by atoms with van der Waals surface area (Å²) in [5.41, 5.74) is 6.07. The molecule has 0 aliphatic carbocycles. The van der Waals surface area contributed by atoms with Crippen LogP contribution in [0.3, 0.4) is 0 Å². The molecule has 1 saturated heterocycles. The van der Waals surface area contributed by atoms with Gasteiger partial charge in [0.05, 0.1) is 0 Å². The monoisotopic (exact) mass is 244 g/mol. The van der Waals surface area contributed by atoms with Gasteiger partial charge in [-0.3, -0.25) is 0 Å². The zero-order valence-electron chi connectivity index (χ0n) is 11.2. The van der Waals surface area contributed by atoms with Crippen molar-refractivity contribution in [3.8, 4) is 0 Å². The largest absolute Gasteiger partial charge is 0.330 e. The van der Waals surface area contributed by atoms with Crippen molar-refractivity contribution < 1.29 is 0 Å². The van der Waals surface area contributed by atoms with Gasteiger partial charge in [-0.15, -0.1) is 0 Å². The van der Waals surface area contributed by atoms with E-state index < -0.39 is 0 Å². The van der Waals surface area contributed by atoms with Crippen LogP contribution in [-0.4, -0.2) is 42.1 Å². The minimum atomic E-state index is 0.338. The van der Waals surface area contributed by atoms with Crippen molar-refractivity contribution in [1.82, 2.24) is 4.90 Å². The molecular weight excluding hydrogens is 216 g/mol. The predicted octanol–water partition coefficient (Wildman–Crippen LogP) is 2.58. The highest BCUT2D eigenvalue weighted by Gasteiger charge is 2.17. The molecule has 1 fully saturated rings. The molecule has 0 spiro atoms. The highest BCUT2D eigenvalue weighted by molar-refractivity contribution is 7.99. The van der Waals surface area contributed by atoms with Gasteiger partial charge in [0.2, 0.25) is 0 Å². The molecule has 1 aliphatic heterocycles. The highest BCUT2D eigenvalue weighted by Crippen LogP contribution is 2.22. The Morgan fingerprint density at radius 2 is 2.12 bits per heavy atom. The first-order valence-corrected chi connectivity index (χ1v) is 7.62. The summed E-state index contributed by atoms with van der Waals surface area (Å²) < 4.78 is 0. The van der Waals surface area contributed by atoms with E-state index in [1.165, 1.54) is 44.6 Å².